The molecule has 0 unspecified atom stereocenters. The SMILES string of the molecule is CC(C)=CCCC(=O)NCc1ccc(N2CCOCC2)cc1. The summed E-state index contributed by atoms with van der Waals surface area (Å²) < 4.78 is 5.36. The topological polar surface area (TPSA) is 41.6 Å². The van der Waals surface area contributed by atoms with Gasteiger partial charge in [0.15, 0.2) is 0 Å². The molecule has 0 saturated carbocycles. The van der Waals surface area contributed by atoms with Crippen molar-refractivity contribution in [1.82, 2.24) is 5.32 Å². The number of carbonyl (C=O) groups excluding carboxylic acids is 1. The molecule has 4 heteroatoms. The summed E-state index contributed by atoms with van der Waals surface area (Å²) in [7, 11) is 0. The maximum Gasteiger partial charge on any atom is 0.220 e. The van der Waals surface area contributed by atoms with Gasteiger partial charge in [-0.3, -0.25) is 4.79 Å². The molecule has 1 aromatic carbocycles. The van der Waals surface area contributed by atoms with Crippen molar-refractivity contribution in [2.24, 2.45) is 0 Å². The average Bonchev–Trinajstić information content (AvgIpc) is 2.54. The number of rotatable bonds is 6. The third-order valence-corrected chi connectivity index (χ3v) is 3.73. The van der Waals surface area contributed by atoms with E-state index in [2.05, 4.69) is 40.6 Å². The number of allylic oxidation sites excluding steroid dienone is 2. The van der Waals surface area contributed by atoms with Crippen molar-refractivity contribution in [1.29, 1.82) is 0 Å². The monoisotopic (exact) mass is 302 g/mol. The molecule has 2 rings (SSSR count). The van der Waals surface area contributed by atoms with Gasteiger partial charge in [-0.2, -0.15) is 0 Å². The summed E-state index contributed by atoms with van der Waals surface area (Å²) in [6.45, 7) is 8.17. The van der Waals surface area contributed by atoms with Crippen LogP contribution in [0.25, 0.3) is 0 Å². The van der Waals surface area contributed by atoms with Gasteiger partial charge >= 0.3 is 0 Å². The van der Waals surface area contributed by atoms with Crippen LogP contribution >= 0.6 is 0 Å². The minimum absolute atomic E-state index is 0.106. The Morgan fingerprint density at radius 1 is 1.23 bits per heavy atom. The first-order chi connectivity index (χ1) is 10.6. The van der Waals surface area contributed by atoms with E-state index in [9.17, 15) is 4.79 Å². The third-order valence-electron chi connectivity index (χ3n) is 3.73. The zero-order chi connectivity index (χ0) is 15.8. The van der Waals surface area contributed by atoms with E-state index in [-0.39, 0.29) is 5.91 Å². The number of carbonyl (C=O) groups is 1. The highest BCUT2D eigenvalue weighted by molar-refractivity contribution is 5.76. The van der Waals surface area contributed by atoms with E-state index in [1.165, 1.54) is 11.3 Å². The van der Waals surface area contributed by atoms with Crippen LogP contribution in [-0.2, 0) is 16.1 Å². The lowest BCUT2D eigenvalue weighted by molar-refractivity contribution is -0.121. The summed E-state index contributed by atoms with van der Waals surface area (Å²) in [4.78, 5) is 14.1. The van der Waals surface area contributed by atoms with Crippen molar-refractivity contribution in [2.45, 2.75) is 33.2 Å². The number of amides is 1. The Hall–Kier alpha value is -1.81. The molecule has 1 N–H and O–H groups in total. The van der Waals surface area contributed by atoms with Crippen LogP contribution in [0.3, 0.4) is 0 Å². The third kappa shape index (κ3) is 5.53. The van der Waals surface area contributed by atoms with Gasteiger partial charge in [0.2, 0.25) is 5.91 Å². The Balaban J connectivity index is 1.76. The number of nitrogens with one attached hydrogen (secondary N) is 1. The fourth-order valence-corrected chi connectivity index (χ4v) is 2.43. The van der Waals surface area contributed by atoms with Gasteiger partial charge in [0.1, 0.15) is 0 Å². The fourth-order valence-electron chi connectivity index (χ4n) is 2.43. The zero-order valence-electron chi connectivity index (χ0n) is 13.6. The molecule has 0 aliphatic carbocycles. The average molecular weight is 302 g/mol. The minimum atomic E-state index is 0.106. The summed E-state index contributed by atoms with van der Waals surface area (Å²) in [6.07, 6.45) is 3.46. The molecule has 1 aromatic rings. The number of nitrogens with zero attached hydrogens (tertiary/aromatic N) is 1. The Labute approximate surface area is 133 Å². The van der Waals surface area contributed by atoms with Gasteiger partial charge in [-0.25, -0.2) is 0 Å². The predicted octanol–water partition coefficient (Wildman–Crippen LogP) is 2.89. The van der Waals surface area contributed by atoms with Gasteiger partial charge in [0, 0.05) is 31.7 Å². The second-order valence-electron chi connectivity index (χ2n) is 5.86. The normalized spacial score (nSPS) is 14.5. The van der Waals surface area contributed by atoms with E-state index < -0.39 is 0 Å². The molecule has 0 aromatic heterocycles. The second-order valence-corrected chi connectivity index (χ2v) is 5.86. The lowest BCUT2D eigenvalue weighted by atomic mass is 10.1. The molecule has 0 radical (unpaired) electrons. The Morgan fingerprint density at radius 2 is 1.91 bits per heavy atom. The lowest BCUT2D eigenvalue weighted by Crippen LogP contribution is -2.36. The van der Waals surface area contributed by atoms with Crippen LogP contribution in [0, 0.1) is 0 Å². The van der Waals surface area contributed by atoms with Crippen LogP contribution in [0.2, 0.25) is 0 Å². The number of hydrogen-bond donors (Lipinski definition) is 1. The van der Waals surface area contributed by atoms with Crippen LogP contribution in [0.4, 0.5) is 5.69 Å². The number of morpholine rings is 1. The van der Waals surface area contributed by atoms with Crippen molar-refractivity contribution < 1.29 is 9.53 Å². The first-order valence-corrected chi connectivity index (χ1v) is 7.97. The summed E-state index contributed by atoms with van der Waals surface area (Å²) in [6, 6.07) is 8.41. The highest BCUT2D eigenvalue weighted by Gasteiger charge is 2.10. The Bertz CT molecular complexity index is 498. The molecule has 120 valence electrons. The first kappa shape index (κ1) is 16.6. The van der Waals surface area contributed by atoms with Crippen molar-refractivity contribution in [3.8, 4) is 0 Å². The van der Waals surface area contributed by atoms with Crippen molar-refractivity contribution in [3.05, 3.63) is 41.5 Å². The Kier molecular flexibility index (Phi) is 6.46. The van der Waals surface area contributed by atoms with Gasteiger partial charge in [-0.05, 0) is 38.0 Å². The van der Waals surface area contributed by atoms with E-state index in [0.717, 1.165) is 38.3 Å². The number of hydrogen-bond acceptors (Lipinski definition) is 3. The smallest absolute Gasteiger partial charge is 0.220 e. The van der Waals surface area contributed by atoms with Gasteiger partial charge in [0.25, 0.3) is 0 Å². The summed E-state index contributed by atoms with van der Waals surface area (Å²) in [5.41, 5.74) is 3.61. The molecule has 1 aliphatic rings. The van der Waals surface area contributed by atoms with Crippen LogP contribution < -0.4 is 10.2 Å². The molecular weight excluding hydrogens is 276 g/mol. The maximum absolute atomic E-state index is 11.7. The number of ether oxygens (including phenoxy) is 1. The number of benzene rings is 1. The predicted molar refractivity (Wildman–Crippen MR) is 90.0 cm³/mol. The van der Waals surface area contributed by atoms with E-state index in [1.54, 1.807) is 0 Å². The molecule has 1 aliphatic heterocycles. The van der Waals surface area contributed by atoms with Gasteiger partial charge in [-0.1, -0.05) is 23.8 Å². The van der Waals surface area contributed by atoms with Crippen LogP contribution in [0.1, 0.15) is 32.3 Å². The highest BCUT2D eigenvalue weighted by atomic mass is 16.5. The molecule has 1 saturated heterocycles. The van der Waals surface area contributed by atoms with Crippen LogP contribution in [0.15, 0.2) is 35.9 Å². The van der Waals surface area contributed by atoms with E-state index >= 15 is 0 Å². The van der Waals surface area contributed by atoms with E-state index in [1.807, 2.05) is 13.8 Å². The zero-order valence-corrected chi connectivity index (χ0v) is 13.6. The van der Waals surface area contributed by atoms with Crippen molar-refractivity contribution in [2.75, 3.05) is 31.2 Å². The van der Waals surface area contributed by atoms with Crippen LogP contribution in [0.5, 0.6) is 0 Å². The Morgan fingerprint density at radius 3 is 2.55 bits per heavy atom. The second kappa shape index (κ2) is 8.59. The van der Waals surface area contributed by atoms with Crippen molar-refractivity contribution >= 4 is 11.6 Å². The highest BCUT2D eigenvalue weighted by Crippen LogP contribution is 2.16. The molecular formula is C18H26N2O2. The summed E-state index contributed by atoms with van der Waals surface area (Å²) in [5, 5.41) is 2.97. The number of anilines is 1. The lowest BCUT2D eigenvalue weighted by Gasteiger charge is -2.28. The molecule has 1 amide bonds. The standard InChI is InChI=1S/C18H26N2O2/c1-15(2)4-3-5-18(21)19-14-16-6-8-17(9-7-16)20-10-12-22-13-11-20/h4,6-9H,3,5,10-14H2,1-2H3,(H,19,21). The molecule has 4 nitrogen and oxygen atoms in total. The molecule has 22 heavy (non-hydrogen) atoms. The minimum Gasteiger partial charge on any atom is -0.378 e. The van der Waals surface area contributed by atoms with Gasteiger partial charge in [-0.15, -0.1) is 0 Å². The van der Waals surface area contributed by atoms with E-state index in [0.29, 0.717) is 13.0 Å². The summed E-state index contributed by atoms with van der Waals surface area (Å²) >= 11 is 0. The fraction of sp³-hybridized carbons (Fsp3) is 0.500. The van der Waals surface area contributed by atoms with Crippen LogP contribution in [-0.4, -0.2) is 32.2 Å². The summed E-state index contributed by atoms with van der Waals surface area (Å²) in [5.74, 6) is 0.106. The molecule has 1 heterocycles. The molecule has 0 atom stereocenters. The van der Waals surface area contributed by atoms with Gasteiger partial charge in [0.05, 0.1) is 13.2 Å². The maximum atomic E-state index is 11.7. The largest absolute Gasteiger partial charge is 0.378 e. The first-order valence-electron chi connectivity index (χ1n) is 7.97. The molecule has 0 bridgehead atoms. The quantitative estimate of drug-likeness (QED) is 0.822. The molecule has 0 spiro atoms. The molecule has 1 fully saturated rings. The van der Waals surface area contributed by atoms with Gasteiger partial charge < -0.3 is 15.0 Å². The van der Waals surface area contributed by atoms with Crippen molar-refractivity contribution in [3.63, 3.8) is 0 Å². The van der Waals surface area contributed by atoms with E-state index in [4.69, 9.17) is 4.74 Å².